The van der Waals surface area contributed by atoms with E-state index in [-0.39, 0.29) is 16.9 Å². The van der Waals surface area contributed by atoms with Crippen molar-refractivity contribution in [2.75, 3.05) is 14.2 Å². The van der Waals surface area contributed by atoms with Gasteiger partial charge in [0.15, 0.2) is 5.75 Å². The molecule has 0 aliphatic heterocycles. The average Bonchev–Trinajstić information content (AvgIpc) is 2.25. The van der Waals surface area contributed by atoms with E-state index in [4.69, 9.17) is 9.47 Å². The number of ether oxygens (including phenoxy) is 2. The van der Waals surface area contributed by atoms with E-state index in [1.54, 1.807) is 6.07 Å². The van der Waals surface area contributed by atoms with Gasteiger partial charge in [-0.15, -0.1) is 0 Å². The number of rotatable bonds is 3. The van der Waals surface area contributed by atoms with E-state index in [9.17, 15) is 10.1 Å². The first-order valence-electron chi connectivity index (χ1n) is 5.22. The van der Waals surface area contributed by atoms with E-state index < -0.39 is 4.92 Å². The molecule has 1 aromatic rings. The van der Waals surface area contributed by atoms with Crippen LogP contribution in [0.3, 0.4) is 0 Å². The van der Waals surface area contributed by atoms with E-state index in [2.05, 4.69) is 0 Å². The first-order chi connectivity index (χ1) is 7.81. The molecule has 0 radical (unpaired) electrons. The molecule has 0 saturated heterocycles. The lowest BCUT2D eigenvalue weighted by molar-refractivity contribution is -0.385. The molecule has 17 heavy (non-hydrogen) atoms. The molecule has 0 heterocycles. The fourth-order valence-corrected chi connectivity index (χ4v) is 1.61. The maximum Gasteiger partial charge on any atom is 0.314 e. The molecule has 0 amide bonds. The molecule has 0 aliphatic carbocycles. The van der Waals surface area contributed by atoms with Crippen LogP contribution in [0, 0.1) is 10.1 Å². The Balaban J connectivity index is 3.49. The molecule has 0 bridgehead atoms. The highest BCUT2D eigenvalue weighted by atomic mass is 16.6. The number of nitrogens with zero attached hydrogens (tertiary/aromatic N) is 1. The third-order valence-electron chi connectivity index (χ3n) is 2.51. The molecular weight excluding hydrogens is 222 g/mol. The minimum Gasteiger partial charge on any atom is -0.496 e. The Bertz CT molecular complexity index is 435. The summed E-state index contributed by atoms with van der Waals surface area (Å²) in [5.41, 5.74) is 0.619. The summed E-state index contributed by atoms with van der Waals surface area (Å²) < 4.78 is 10.2. The topological polar surface area (TPSA) is 61.6 Å². The highest BCUT2D eigenvalue weighted by molar-refractivity contribution is 5.56. The molecule has 1 aromatic carbocycles. The van der Waals surface area contributed by atoms with Crippen molar-refractivity contribution in [2.24, 2.45) is 0 Å². The average molecular weight is 239 g/mol. The maximum absolute atomic E-state index is 10.9. The lowest BCUT2D eigenvalue weighted by atomic mass is 9.86. The SMILES string of the molecule is COc1cc(C(C)(C)C)c(OC)cc1[N+](=O)[O-]. The molecule has 94 valence electrons. The summed E-state index contributed by atoms with van der Waals surface area (Å²) in [6.45, 7) is 6.03. The van der Waals surface area contributed by atoms with Crippen LogP contribution in [-0.4, -0.2) is 19.1 Å². The first kappa shape index (κ1) is 13.3. The van der Waals surface area contributed by atoms with Gasteiger partial charge in [0.2, 0.25) is 0 Å². The van der Waals surface area contributed by atoms with Crippen molar-refractivity contribution in [1.29, 1.82) is 0 Å². The fraction of sp³-hybridized carbons (Fsp3) is 0.500. The van der Waals surface area contributed by atoms with Gasteiger partial charge in [0.05, 0.1) is 25.2 Å². The van der Waals surface area contributed by atoms with E-state index in [1.165, 1.54) is 20.3 Å². The standard InChI is InChI=1S/C12H17NO4/c1-12(2,3)8-6-11(17-5)9(13(14)15)7-10(8)16-4/h6-7H,1-5H3. The van der Waals surface area contributed by atoms with Gasteiger partial charge >= 0.3 is 5.69 Å². The van der Waals surface area contributed by atoms with Gasteiger partial charge in [-0.1, -0.05) is 20.8 Å². The Morgan fingerprint density at radius 1 is 1.12 bits per heavy atom. The number of methoxy groups -OCH3 is 2. The van der Waals surface area contributed by atoms with Crippen LogP contribution in [0.4, 0.5) is 5.69 Å². The zero-order valence-electron chi connectivity index (χ0n) is 10.7. The predicted molar refractivity (Wildman–Crippen MR) is 64.9 cm³/mol. The van der Waals surface area contributed by atoms with Crippen molar-refractivity contribution in [1.82, 2.24) is 0 Å². The van der Waals surface area contributed by atoms with Gasteiger partial charge in [0.25, 0.3) is 0 Å². The molecule has 0 spiro atoms. The monoisotopic (exact) mass is 239 g/mol. The van der Waals surface area contributed by atoms with E-state index in [1.807, 2.05) is 20.8 Å². The van der Waals surface area contributed by atoms with E-state index in [0.717, 1.165) is 5.56 Å². The van der Waals surface area contributed by atoms with Crippen molar-refractivity contribution in [3.63, 3.8) is 0 Å². The molecule has 0 aliphatic rings. The summed E-state index contributed by atoms with van der Waals surface area (Å²) >= 11 is 0. The number of hydrogen-bond donors (Lipinski definition) is 0. The number of nitro groups is 1. The summed E-state index contributed by atoms with van der Waals surface area (Å²) in [5.74, 6) is 0.755. The van der Waals surface area contributed by atoms with E-state index in [0.29, 0.717) is 5.75 Å². The zero-order valence-corrected chi connectivity index (χ0v) is 10.7. The zero-order chi connectivity index (χ0) is 13.2. The summed E-state index contributed by atoms with van der Waals surface area (Å²) in [6.07, 6.45) is 0. The molecule has 0 aromatic heterocycles. The van der Waals surface area contributed by atoms with Crippen molar-refractivity contribution in [3.8, 4) is 11.5 Å². The molecule has 0 atom stereocenters. The van der Waals surface area contributed by atoms with Gasteiger partial charge in [0.1, 0.15) is 5.75 Å². The Morgan fingerprint density at radius 2 is 1.65 bits per heavy atom. The number of nitro benzene ring substituents is 1. The lowest BCUT2D eigenvalue weighted by Gasteiger charge is -2.22. The van der Waals surface area contributed by atoms with Gasteiger partial charge in [0, 0.05) is 5.56 Å². The second-order valence-corrected chi connectivity index (χ2v) is 4.73. The van der Waals surface area contributed by atoms with Gasteiger partial charge < -0.3 is 9.47 Å². The summed E-state index contributed by atoms with van der Waals surface area (Å²) in [5, 5.41) is 10.9. The van der Waals surface area contributed by atoms with Gasteiger partial charge in [-0.2, -0.15) is 0 Å². The molecule has 0 N–H and O–H groups in total. The second kappa shape index (κ2) is 4.61. The minimum absolute atomic E-state index is 0.0858. The van der Waals surface area contributed by atoms with Gasteiger partial charge in [-0.3, -0.25) is 10.1 Å². The molecule has 5 heteroatoms. The van der Waals surface area contributed by atoms with E-state index >= 15 is 0 Å². The highest BCUT2D eigenvalue weighted by Crippen LogP contribution is 2.39. The number of benzene rings is 1. The van der Waals surface area contributed by atoms with Crippen molar-refractivity contribution in [2.45, 2.75) is 26.2 Å². The Labute approximate surface area is 101 Å². The Morgan fingerprint density at radius 3 is 2.00 bits per heavy atom. The van der Waals surface area contributed by atoms with Gasteiger partial charge in [-0.05, 0) is 11.5 Å². The molecule has 1 rings (SSSR count). The third kappa shape index (κ3) is 2.67. The van der Waals surface area contributed by atoms with Crippen LogP contribution in [0.25, 0.3) is 0 Å². The Hall–Kier alpha value is -1.78. The maximum atomic E-state index is 10.9. The van der Waals surface area contributed by atoms with Crippen molar-refractivity contribution in [3.05, 3.63) is 27.8 Å². The predicted octanol–water partition coefficient (Wildman–Crippen LogP) is 2.91. The summed E-state index contributed by atoms with van der Waals surface area (Å²) in [7, 11) is 2.92. The molecular formula is C12H17NO4. The van der Waals surface area contributed by atoms with Crippen LogP contribution in [-0.2, 0) is 5.41 Å². The van der Waals surface area contributed by atoms with Crippen LogP contribution in [0.15, 0.2) is 12.1 Å². The van der Waals surface area contributed by atoms with Crippen LogP contribution >= 0.6 is 0 Å². The minimum atomic E-state index is -0.478. The smallest absolute Gasteiger partial charge is 0.314 e. The van der Waals surface area contributed by atoms with Crippen LogP contribution in [0.5, 0.6) is 11.5 Å². The van der Waals surface area contributed by atoms with Crippen molar-refractivity contribution < 1.29 is 14.4 Å². The molecule has 0 saturated carbocycles. The largest absolute Gasteiger partial charge is 0.496 e. The normalized spacial score (nSPS) is 11.1. The Kier molecular flexibility index (Phi) is 3.60. The molecule has 0 unspecified atom stereocenters. The third-order valence-corrected chi connectivity index (χ3v) is 2.51. The summed E-state index contributed by atoms with van der Waals surface area (Å²) in [4.78, 5) is 10.4. The highest BCUT2D eigenvalue weighted by Gasteiger charge is 2.25. The summed E-state index contributed by atoms with van der Waals surface area (Å²) in [6, 6.07) is 3.07. The number of hydrogen-bond acceptors (Lipinski definition) is 4. The first-order valence-corrected chi connectivity index (χ1v) is 5.22. The van der Waals surface area contributed by atoms with Gasteiger partial charge in [-0.25, -0.2) is 0 Å². The lowest BCUT2D eigenvalue weighted by Crippen LogP contribution is -2.13. The van der Waals surface area contributed by atoms with Crippen LogP contribution in [0.1, 0.15) is 26.3 Å². The fourth-order valence-electron chi connectivity index (χ4n) is 1.61. The quantitative estimate of drug-likeness (QED) is 0.601. The van der Waals surface area contributed by atoms with Crippen LogP contribution in [0.2, 0.25) is 0 Å². The molecule has 0 fully saturated rings. The second-order valence-electron chi connectivity index (χ2n) is 4.73. The molecule has 5 nitrogen and oxygen atoms in total. The van der Waals surface area contributed by atoms with Crippen LogP contribution < -0.4 is 9.47 Å². The van der Waals surface area contributed by atoms with Crippen molar-refractivity contribution >= 4 is 5.69 Å².